The van der Waals surface area contributed by atoms with Gasteiger partial charge in [-0.15, -0.1) is 0 Å². The summed E-state index contributed by atoms with van der Waals surface area (Å²) in [6.07, 6.45) is 0. The van der Waals surface area contributed by atoms with Gasteiger partial charge in [-0.2, -0.15) is 0 Å². The van der Waals surface area contributed by atoms with E-state index in [1.54, 1.807) is 6.07 Å². The first-order valence-corrected chi connectivity index (χ1v) is 4.24. The van der Waals surface area contributed by atoms with Crippen molar-refractivity contribution in [3.63, 3.8) is 0 Å². The molecule has 0 bridgehead atoms. The molecule has 0 spiro atoms. The minimum Gasteiger partial charge on any atom is -0.507 e. The van der Waals surface area contributed by atoms with Crippen molar-refractivity contribution in [2.45, 2.75) is 6.92 Å². The first-order valence-electron chi connectivity index (χ1n) is 4.24. The maximum absolute atomic E-state index is 9.59. The quantitative estimate of drug-likeness (QED) is 0.705. The van der Waals surface area contributed by atoms with Gasteiger partial charge in [0.05, 0.1) is 12.1 Å². The summed E-state index contributed by atoms with van der Waals surface area (Å²) in [6.45, 7) is 3.23. The molecular weight excluding hydrogens is 166 g/mol. The third-order valence-corrected chi connectivity index (χ3v) is 1.97. The van der Waals surface area contributed by atoms with Crippen molar-refractivity contribution < 1.29 is 9.84 Å². The molecule has 1 aliphatic heterocycles. The van der Waals surface area contributed by atoms with Gasteiger partial charge in [0.15, 0.2) is 0 Å². The molecule has 0 aromatic heterocycles. The summed E-state index contributed by atoms with van der Waals surface area (Å²) in [5, 5.41) is 9.59. The van der Waals surface area contributed by atoms with E-state index in [0.29, 0.717) is 24.6 Å². The van der Waals surface area contributed by atoms with E-state index in [1.165, 1.54) is 0 Å². The molecule has 68 valence electrons. The minimum absolute atomic E-state index is 0.237. The largest absolute Gasteiger partial charge is 0.507 e. The molecule has 0 radical (unpaired) electrons. The summed E-state index contributed by atoms with van der Waals surface area (Å²) in [5.74, 6) is 0.790. The average molecular weight is 177 g/mol. The molecule has 1 heterocycles. The van der Waals surface area contributed by atoms with Crippen molar-refractivity contribution in [3.05, 3.63) is 29.3 Å². The Morgan fingerprint density at radius 3 is 2.92 bits per heavy atom. The van der Waals surface area contributed by atoms with Crippen LogP contribution in [0.3, 0.4) is 0 Å². The molecule has 1 aromatic rings. The van der Waals surface area contributed by atoms with Crippen LogP contribution >= 0.6 is 0 Å². The number of benzene rings is 1. The molecule has 0 atom stereocenters. The van der Waals surface area contributed by atoms with Crippen LogP contribution in [0.2, 0.25) is 0 Å². The Bertz CT molecular complexity index is 358. The standard InChI is InChI=1S/C10H11NO2/c1-7-2-3-8(9(12)6-7)10-11-4-5-13-10/h2-3,6,12H,4-5H2,1H3. The first-order chi connectivity index (χ1) is 6.27. The summed E-state index contributed by atoms with van der Waals surface area (Å²) in [7, 11) is 0. The van der Waals surface area contributed by atoms with E-state index in [4.69, 9.17) is 4.74 Å². The second kappa shape index (κ2) is 3.09. The lowest BCUT2D eigenvalue weighted by Crippen LogP contribution is -2.01. The molecule has 13 heavy (non-hydrogen) atoms. The maximum Gasteiger partial charge on any atom is 0.220 e. The van der Waals surface area contributed by atoms with E-state index in [-0.39, 0.29) is 5.75 Å². The minimum atomic E-state index is 0.237. The molecule has 0 fully saturated rings. The molecule has 3 nitrogen and oxygen atoms in total. The van der Waals surface area contributed by atoms with E-state index < -0.39 is 0 Å². The van der Waals surface area contributed by atoms with Gasteiger partial charge < -0.3 is 9.84 Å². The molecule has 0 unspecified atom stereocenters. The molecule has 3 heteroatoms. The van der Waals surface area contributed by atoms with E-state index in [1.807, 2.05) is 19.1 Å². The molecule has 0 saturated carbocycles. The molecule has 1 N–H and O–H groups in total. The fraction of sp³-hybridized carbons (Fsp3) is 0.300. The number of aromatic hydroxyl groups is 1. The van der Waals surface area contributed by atoms with Gasteiger partial charge in [-0.3, -0.25) is 0 Å². The summed E-state index contributed by atoms with van der Waals surface area (Å²) in [4.78, 5) is 4.13. The third kappa shape index (κ3) is 1.49. The number of rotatable bonds is 1. The lowest BCUT2D eigenvalue weighted by Gasteiger charge is -2.04. The monoisotopic (exact) mass is 177 g/mol. The van der Waals surface area contributed by atoms with Crippen molar-refractivity contribution >= 4 is 5.90 Å². The fourth-order valence-corrected chi connectivity index (χ4v) is 1.32. The van der Waals surface area contributed by atoms with Crippen LogP contribution in [0.5, 0.6) is 5.75 Å². The van der Waals surface area contributed by atoms with Crippen LogP contribution in [0.1, 0.15) is 11.1 Å². The van der Waals surface area contributed by atoms with Gasteiger partial charge >= 0.3 is 0 Å². The maximum atomic E-state index is 9.59. The third-order valence-electron chi connectivity index (χ3n) is 1.97. The summed E-state index contributed by atoms with van der Waals surface area (Å²) in [5.41, 5.74) is 1.71. The number of aliphatic imine (C=N–C) groups is 1. The number of phenolic OH excluding ortho intramolecular Hbond substituents is 1. The van der Waals surface area contributed by atoms with E-state index >= 15 is 0 Å². The van der Waals surface area contributed by atoms with E-state index in [9.17, 15) is 5.11 Å². The highest BCUT2D eigenvalue weighted by molar-refractivity contribution is 5.97. The normalized spacial score (nSPS) is 15.3. The first kappa shape index (κ1) is 8.10. The van der Waals surface area contributed by atoms with Crippen molar-refractivity contribution in [2.75, 3.05) is 13.2 Å². The predicted molar refractivity (Wildman–Crippen MR) is 50.2 cm³/mol. The Morgan fingerprint density at radius 1 is 1.46 bits per heavy atom. The van der Waals surface area contributed by atoms with Crippen molar-refractivity contribution in [2.24, 2.45) is 4.99 Å². The van der Waals surface area contributed by atoms with Crippen LogP contribution in [0.15, 0.2) is 23.2 Å². The highest BCUT2D eigenvalue weighted by Crippen LogP contribution is 2.21. The predicted octanol–water partition coefficient (Wildman–Crippen LogP) is 1.48. The summed E-state index contributed by atoms with van der Waals surface area (Å²) >= 11 is 0. The van der Waals surface area contributed by atoms with Gasteiger partial charge in [-0.25, -0.2) is 4.99 Å². The topological polar surface area (TPSA) is 41.8 Å². The number of nitrogens with zero attached hydrogens (tertiary/aromatic N) is 1. The van der Waals surface area contributed by atoms with Gasteiger partial charge in [-0.1, -0.05) is 6.07 Å². The number of phenols is 1. The second-order valence-electron chi connectivity index (χ2n) is 3.06. The lowest BCUT2D eigenvalue weighted by atomic mass is 10.1. The van der Waals surface area contributed by atoms with Crippen molar-refractivity contribution in [3.8, 4) is 5.75 Å². The van der Waals surface area contributed by atoms with Crippen LogP contribution in [-0.4, -0.2) is 24.2 Å². The zero-order valence-electron chi connectivity index (χ0n) is 7.45. The van der Waals surface area contributed by atoms with E-state index in [2.05, 4.69) is 4.99 Å². The van der Waals surface area contributed by atoms with Crippen molar-refractivity contribution in [1.82, 2.24) is 0 Å². The molecular formula is C10H11NO2. The zero-order chi connectivity index (χ0) is 9.26. The Labute approximate surface area is 76.7 Å². The molecule has 1 aromatic carbocycles. The highest BCUT2D eigenvalue weighted by atomic mass is 16.5. The van der Waals surface area contributed by atoms with Gasteiger partial charge in [0.1, 0.15) is 12.4 Å². The molecule has 0 aliphatic carbocycles. The van der Waals surface area contributed by atoms with Gasteiger partial charge in [0.25, 0.3) is 0 Å². The molecule has 2 rings (SSSR count). The highest BCUT2D eigenvalue weighted by Gasteiger charge is 2.13. The van der Waals surface area contributed by atoms with Gasteiger partial charge in [0.2, 0.25) is 5.90 Å². The molecule has 1 aliphatic rings. The molecule has 0 amide bonds. The average Bonchev–Trinajstić information content (AvgIpc) is 2.56. The smallest absolute Gasteiger partial charge is 0.220 e. The Balaban J connectivity index is 2.40. The number of hydrogen-bond acceptors (Lipinski definition) is 3. The molecule has 0 saturated heterocycles. The number of aryl methyl sites for hydroxylation is 1. The summed E-state index contributed by atoms with van der Waals surface area (Å²) < 4.78 is 5.25. The van der Waals surface area contributed by atoms with Gasteiger partial charge in [-0.05, 0) is 24.6 Å². The van der Waals surface area contributed by atoms with Crippen LogP contribution in [0.25, 0.3) is 0 Å². The zero-order valence-corrected chi connectivity index (χ0v) is 7.45. The van der Waals surface area contributed by atoms with Crippen LogP contribution in [-0.2, 0) is 4.74 Å². The number of hydrogen-bond donors (Lipinski definition) is 1. The second-order valence-corrected chi connectivity index (χ2v) is 3.06. The van der Waals surface area contributed by atoms with Crippen LogP contribution < -0.4 is 0 Å². The SMILES string of the molecule is Cc1ccc(C2=NCCO2)c(O)c1. The van der Waals surface area contributed by atoms with Crippen molar-refractivity contribution in [1.29, 1.82) is 0 Å². The lowest BCUT2D eigenvalue weighted by molar-refractivity contribution is 0.346. The Kier molecular flexibility index (Phi) is 1.93. The Hall–Kier alpha value is -1.51. The Morgan fingerprint density at radius 2 is 2.31 bits per heavy atom. The summed E-state index contributed by atoms with van der Waals surface area (Å²) in [6, 6.07) is 5.47. The van der Waals surface area contributed by atoms with E-state index in [0.717, 1.165) is 5.56 Å². The fourth-order valence-electron chi connectivity index (χ4n) is 1.32. The van der Waals surface area contributed by atoms with Crippen LogP contribution in [0, 0.1) is 6.92 Å². The number of ether oxygens (including phenoxy) is 1. The van der Waals surface area contributed by atoms with Crippen LogP contribution in [0.4, 0.5) is 0 Å². The van der Waals surface area contributed by atoms with Gasteiger partial charge in [0, 0.05) is 0 Å².